The van der Waals surface area contributed by atoms with Crippen molar-refractivity contribution in [2.24, 2.45) is 0 Å². The summed E-state index contributed by atoms with van der Waals surface area (Å²) in [5, 5.41) is 3.07. The van der Waals surface area contributed by atoms with Crippen LogP contribution >= 0.6 is 0 Å². The van der Waals surface area contributed by atoms with Crippen LogP contribution in [0.15, 0.2) is 46.9 Å². The van der Waals surface area contributed by atoms with Crippen molar-refractivity contribution in [1.29, 1.82) is 0 Å². The third-order valence-electron chi connectivity index (χ3n) is 4.05. The Balaban J connectivity index is 1.86. The van der Waals surface area contributed by atoms with E-state index in [1.165, 1.54) is 19.2 Å². The molecule has 2 aromatic carbocycles. The zero-order chi connectivity index (χ0) is 21.0. The predicted molar refractivity (Wildman–Crippen MR) is 106 cm³/mol. The number of benzene rings is 2. The van der Waals surface area contributed by atoms with Gasteiger partial charge in [-0.15, -0.1) is 0 Å². The van der Waals surface area contributed by atoms with E-state index in [-0.39, 0.29) is 35.1 Å². The lowest BCUT2D eigenvalue weighted by atomic mass is 10.1. The van der Waals surface area contributed by atoms with Crippen LogP contribution in [0.4, 0.5) is 10.1 Å². The number of nitrogens with one attached hydrogen (secondary N) is 1. The van der Waals surface area contributed by atoms with Gasteiger partial charge in [-0.25, -0.2) is 12.8 Å². The highest BCUT2D eigenvalue weighted by Crippen LogP contribution is 2.29. The summed E-state index contributed by atoms with van der Waals surface area (Å²) in [5.74, 6) is -1.78. The van der Waals surface area contributed by atoms with Crippen LogP contribution in [-0.4, -0.2) is 40.9 Å². The lowest BCUT2D eigenvalue weighted by molar-refractivity contribution is 0.0998. The summed E-state index contributed by atoms with van der Waals surface area (Å²) in [5.41, 5.74) is 0.835. The van der Waals surface area contributed by atoms with Crippen molar-refractivity contribution in [3.05, 3.63) is 59.6 Å². The van der Waals surface area contributed by atoms with Gasteiger partial charge in [0.25, 0.3) is 5.91 Å². The number of carbonyl (C=O) groups excluding carboxylic acids is 1. The molecule has 0 atom stereocenters. The van der Waals surface area contributed by atoms with Crippen LogP contribution in [0, 0.1) is 5.82 Å². The molecule has 1 aromatic heterocycles. The van der Waals surface area contributed by atoms with E-state index in [1.54, 1.807) is 24.3 Å². The maximum absolute atomic E-state index is 14.2. The van der Waals surface area contributed by atoms with Gasteiger partial charge < -0.3 is 19.2 Å². The molecule has 0 fully saturated rings. The fourth-order valence-electron chi connectivity index (χ4n) is 2.81. The number of hydrogen-bond donors (Lipinski definition) is 1. The Morgan fingerprint density at radius 2 is 1.93 bits per heavy atom. The topological polar surface area (TPSA) is 94.8 Å². The quantitative estimate of drug-likeness (QED) is 0.560. The Morgan fingerprint density at radius 1 is 1.17 bits per heavy atom. The van der Waals surface area contributed by atoms with E-state index in [0.717, 1.165) is 12.3 Å². The van der Waals surface area contributed by atoms with E-state index < -0.39 is 21.6 Å². The average molecular weight is 421 g/mol. The van der Waals surface area contributed by atoms with E-state index in [1.807, 2.05) is 0 Å². The summed E-state index contributed by atoms with van der Waals surface area (Å²) in [6.45, 7) is 0.500. The summed E-state index contributed by atoms with van der Waals surface area (Å²) < 4.78 is 53.5. The van der Waals surface area contributed by atoms with Crippen molar-refractivity contribution < 1.29 is 31.5 Å². The molecule has 0 aliphatic rings. The van der Waals surface area contributed by atoms with Crippen LogP contribution in [0.3, 0.4) is 0 Å². The Kier molecular flexibility index (Phi) is 6.19. The molecule has 1 amide bonds. The Bertz CT molecular complexity index is 1140. The van der Waals surface area contributed by atoms with Crippen molar-refractivity contribution in [3.8, 4) is 5.75 Å². The second-order valence-corrected chi connectivity index (χ2v) is 8.56. The lowest BCUT2D eigenvalue weighted by Gasteiger charge is -2.09. The molecule has 7 nitrogen and oxygen atoms in total. The van der Waals surface area contributed by atoms with Gasteiger partial charge in [0.2, 0.25) is 0 Å². The summed E-state index contributed by atoms with van der Waals surface area (Å²) in [6, 6.07) is 10.7. The number of amides is 1. The molecule has 154 valence electrons. The third-order valence-corrected chi connectivity index (χ3v) is 4.86. The molecular formula is C20H20FNO6S. The van der Waals surface area contributed by atoms with Crippen molar-refractivity contribution in [2.45, 2.75) is 5.75 Å². The van der Waals surface area contributed by atoms with Crippen LogP contribution in [0.25, 0.3) is 11.0 Å². The van der Waals surface area contributed by atoms with Crippen molar-refractivity contribution in [3.63, 3.8) is 0 Å². The SMILES string of the molecule is COCCOc1ccc(NC(=O)c2oc3ccccc3c2CS(C)(=O)=O)cc1F. The van der Waals surface area contributed by atoms with Crippen LogP contribution in [0.5, 0.6) is 5.75 Å². The van der Waals surface area contributed by atoms with E-state index in [9.17, 15) is 17.6 Å². The molecule has 1 heterocycles. The molecule has 0 bridgehead atoms. The van der Waals surface area contributed by atoms with Gasteiger partial charge in [0, 0.05) is 36.1 Å². The molecule has 0 saturated carbocycles. The van der Waals surface area contributed by atoms with Crippen LogP contribution in [0.2, 0.25) is 0 Å². The minimum absolute atomic E-state index is 0.0292. The first kappa shape index (κ1) is 20.8. The normalized spacial score (nSPS) is 11.6. The largest absolute Gasteiger partial charge is 0.488 e. The number of fused-ring (bicyclic) bond motifs is 1. The van der Waals surface area contributed by atoms with Gasteiger partial charge in [0.1, 0.15) is 12.2 Å². The molecule has 3 rings (SSSR count). The van der Waals surface area contributed by atoms with Gasteiger partial charge in [-0.1, -0.05) is 18.2 Å². The molecule has 29 heavy (non-hydrogen) atoms. The molecule has 0 aliphatic heterocycles. The van der Waals surface area contributed by atoms with Gasteiger partial charge in [-0.05, 0) is 18.2 Å². The smallest absolute Gasteiger partial charge is 0.291 e. The molecule has 0 saturated heterocycles. The Morgan fingerprint density at radius 3 is 2.62 bits per heavy atom. The highest BCUT2D eigenvalue weighted by Gasteiger charge is 2.23. The van der Waals surface area contributed by atoms with Crippen molar-refractivity contribution in [1.82, 2.24) is 0 Å². The second kappa shape index (κ2) is 8.62. The Labute approximate surface area is 167 Å². The van der Waals surface area contributed by atoms with E-state index in [0.29, 0.717) is 17.6 Å². The molecule has 3 aromatic rings. The van der Waals surface area contributed by atoms with Gasteiger partial charge in [0.15, 0.2) is 27.2 Å². The summed E-state index contributed by atoms with van der Waals surface area (Å²) in [6.07, 6.45) is 1.08. The van der Waals surface area contributed by atoms with E-state index >= 15 is 0 Å². The first-order chi connectivity index (χ1) is 13.8. The number of carbonyl (C=O) groups is 1. The van der Waals surface area contributed by atoms with Gasteiger partial charge >= 0.3 is 0 Å². The number of rotatable bonds is 8. The monoisotopic (exact) mass is 421 g/mol. The van der Waals surface area contributed by atoms with Crippen LogP contribution in [-0.2, 0) is 20.3 Å². The van der Waals surface area contributed by atoms with Crippen molar-refractivity contribution >= 4 is 32.4 Å². The number of methoxy groups -OCH3 is 1. The summed E-state index contributed by atoms with van der Waals surface area (Å²) >= 11 is 0. The van der Waals surface area contributed by atoms with Crippen LogP contribution in [0.1, 0.15) is 16.1 Å². The highest BCUT2D eigenvalue weighted by atomic mass is 32.2. The number of para-hydroxylation sites is 1. The predicted octanol–water partition coefficient (Wildman–Crippen LogP) is 3.39. The number of anilines is 1. The maximum Gasteiger partial charge on any atom is 0.291 e. The first-order valence-electron chi connectivity index (χ1n) is 8.69. The summed E-state index contributed by atoms with van der Waals surface area (Å²) in [4.78, 5) is 12.7. The fraction of sp³-hybridized carbons (Fsp3) is 0.250. The number of hydrogen-bond acceptors (Lipinski definition) is 6. The summed E-state index contributed by atoms with van der Waals surface area (Å²) in [7, 11) is -1.91. The number of furan rings is 1. The van der Waals surface area contributed by atoms with Crippen molar-refractivity contribution in [2.75, 3.05) is 31.9 Å². The zero-order valence-electron chi connectivity index (χ0n) is 15.9. The fourth-order valence-corrected chi connectivity index (χ4v) is 3.62. The van der Waals surface area contributed by atoms with E-state index in [4.69, 9.17) is 13.9 Å². The lowest BCUT2D eigenvalue weighted by Crippen LogP contribution is -2.14. The number of ether oxygens (including phenoxy) is 2. The molecule has 9 heteroatoms. The Hall–Kier alpha value is -2.91. The van der Waals surface area contributed by atoms with Crippen LogP contribution < -0.4 is 10.1 Å². The van der Waals surface area contributed by atoms with Gasteiger partial charge in [0.05, 0.1) is 12.4 Å². The zero-order valence-corrected chi connectivity index (χ0v) is 16.7. The minimum atomic E-state index is -3.42. The standard InChI is InChI=1S/C20H20FNO6S/c1-26-9-10-27-18-8-7-13(11-16(18)21)22-20(23)19-15(12-29(2,24)25)14-5-3-4-6-17(14)28-19/h3-8,11H,9-10,12H2,1-2H3,(H,22,23). The molecular weight excluding hydrogens is 401 g/mol. The van der Waals surface area contributed by atoms with E-state index in [2.05, 4.69) is 5.32 Å². The molecule has 0 radical (unpaired) electrons. The highest BCUT2D eigenvalue weighted by molar-refractivity contribution is 7.89. The molecule has 0 unspecified atom stereocenters. The maximum atomic E-state index is 14.2. The first-order valence-corrected chi connectivity index (χ1v) is 10.8. The minimum Gasteiger partial charge on any atom is -0.488 e. The van der Waals surface area contributed by atoms with Gasteiger partial charge in [-0.3, -0.25) is 4.79 Å². The van der Waals surface area contributed by atoms with Gasteiger partial charge in [-0.2, -0.15) is 0 Å². The second-order valence-electron chi connectivity index (χ2n) is 6.42. The number of halogens is 1. The third kappa shape index (κ3) is 5.12. The number of sulfone groups is 1. The molecule has 0 aliphatic carbocycles. The molecule has 1 N–H and O–H groups in total. The average Bonchev–Trinajstić information content (AvgIpc) is 3.01. The molecule has 0 spiro atoms.